The van der Waals surface area contributed by atoms with E-state index in [9.17, 15) is 14.7 Å². The first kappa shape index (κ1) is 24.6. The van der Waals surface area contributed by atoms with Crippen molar-refractivity contribution in [3.63, 3.8) is 0 Å². The van der Waals surface area contributed by atoms with Crippen molar-refractivity contribution in [1.29, 1.82) is 0 Å². The summed E-state index contributed by atoms with van der Waals surface area (Å²) in [4.78, 5) is 22.0. The van der Waals surface area contributed by atoms with E-state index in [0.717, 1.165) is 57.8 Å². The summed E-state index contributed by atoms with van der Waals surface area (Å²) in [5.74, 6) is -1.26. The van der Waals surface area contributed by atoms with Crippen LogP contribution in [0.4, 0.5) is 0 Å². The molecule has 0 spiro atoms. The summed E-state index contributed by atoms with van der Waals surface area (Å²) in [6.07, 6.45) is 15.4. The lowest BCUT2D eigenvalue weighted by molar-refractivity contribution is -0.158. The molecule has 0 radical (unpaired) electrons. The van der Waals surface area contributed by atoms with Crippen LogP contribution in [0.25, 0.3) is 0 Å². The summed E-state index contributed by atoms with van der Waals surface area (Å²) in [5, 5.41) is 17.9. The van der Waals surface area contributed by atoms with Gasteiger partial charge in [-0.2, -0.15) is 0 Å². The molecule has 0 bridgehead atoms. The normalized spacial score (nSPS) is 13.7. The molecule has 5 nitrogen and oxygen atoms in total. The van der Waals surface area contributed by atoms with E-state index in [2.05, 4.69) is 19.1 Å². The highest BCUT2D eigenvalue weighted by Crippen LogP contribution is 2.14. The Balaban J connectivity index is 3.92. The fourth-order valence-electron chi connectivity index (χ4n) is 2.72. The number of hydrogen-bond acceptors (Lipinski definition) is 4. The lowest BCUT2D eigenvalue weighted by Gasteiger charge is -2.17. The largest absolute Gasteiger partial charge is 0.481 e. The molecule has 0 heterocycles. The molecule has 0 saturated heterocycles. The second-order valence-electron chi connectivity index (χ2n) is 6.99. The van der Waals surface area contributed by atoms with Crippen molar-refractivity contribution in [2.45, 2.75) is 110 Å². The van der Waals surface area contributed by atoms with Crippen molar-refractivity contribution in [3.8, 4) is 0 Å². The van der Waals surface area contributed by atoms with E-state index in [-0.39, 0.29) is 12.5 Å². The van der Waals surface area contributed by atoms with E-state index in [4.69, 9.17) is 9.84 Å². The van der Waals surface area contributed by atoms with Gasteiger partial charge in [-0.05, 0) is 39.0 Å². The molecule has 0 fully saturated rings. The van der Waals surface area contributed by atoms with Crippen LogP contribution in [0.1, 0.15) is 97.3 Å². The van der Waals surface area contributed by atoms with E-state index in [1.165, 1.54) is 19.8 Å². The van der Waals surface area contributed by atoms with Gasteiger partial charge in [0.25, 0.3) is 0 Å². The van der Waals surface area contributed by atoms with Gasteiger partial charge in [0.2, 0.25) is 0 Å². The minimum atomic E-state index is -1.07. The second-order valence-corrected chi connectivity index (χ2v) is 6.99. The maximum atomic E-state index is 11.6. The van der Waals surface area contributed by atoms with Crippen molar-refractivity contribution in [3.05, 3.63) is 12.2 Å². The zero-order chi connectivity index (χ0) is 19.6. The standard InChI is InChI=1S/C21H38O5/c1-3-4-5-12-15-19(26-21(25)18(2)22)16-13-10-8-6-7-9-11-14-17-20(23)24/h10,13,18-19,22H,3-9,11-12,14-17H2,1-2H3,(H,23,24)/b13-10-/t18?,19-/m1/s1. The Morgan fingerprint density at radius 3 is 2.27 bits per heavy atom. The van der Waals surface area contributed by atoms with Crippen LogP contribution < -0.4 is 0 Å². The Kier molecular flexibility index (Phi) is 16.2. The van der Waals surface area contributed by atoms with Crippen LogP contribution in [0.15, 0.2) is 12.2 Å². The zero-order valence-electron chi connectivity index (χ0n) is 16.6. The van der Waals surface area contributed by atoms with E-state index in [0.29, 0.717) is 6.42 Å². The highest BCUT2D eigenvalue weighted by molar-refractivity contribution is 5.74. The zero-order valence-corrected chi connectivity index (χ0v) is 16.6. The number of unbranched alkanes of at least 4 members (excludes halogenated alkanes) is 8. The van der Waals surface area contributed by atoms with Gasteiger partial charge in [0, 0.05) is 12.8 Å². The molecule has 0 rings (SSSR count). The minimum absolute atomic E-state index is 0.152. The predicted octanol–water partition coefficient (Wildman–Crippen LogP) is 5.01. The number of carbonyl (C=O) groups excluding carboxylic acids is 1. The highest BCUT2D eigenvalue weighted by Gasteiger charge is 2.16. The summed E-state index contributed by atoms with van der Waals surface area (Å²) < 4.78 is 5.40. The summed E-state index contributed by atoms with van der Waals surface area (Å²) in [7, 11) is 0. The summed E-state index contributed by atoms with van der Waals surface area (Å²) in [6.45, 7) is 3.60. The Labute approximate surface area is 158 Å². The molecular weight excluding hydrogens is 332 g/mol. The van der Waals surface area contributed by atoms with Gasteiger partial charge in [0.1, 0.15) is 12.2 Å². The molecule has 0 aliphatic rings. The van der Waals surface area contributed by atoms with E-state index in [1.54, 1.807) is 0 Å². The second kappa shape index (κ2) is 17.1. The number of carbonyl (C=O) groups is 2. The average molecular weight is 371 g/mol. The molecule has 1 unspecified atom stereocenters. The molecule has 0 aliphatic carbocycles. The third-order valence-electron chi connectivity index (χ3n) is 4.33. The van der Waals surface area contributed by atoms with Crippen LogP contribution in [-0.2, 0) is 14.3 Å². The van der Waals surface area contributed by atoms with Gasteiger partial charge >= 0.3 is 11.9 Å². The Morgan fingerprint density at radius 2 is 1.62 bits per heavy atom. The van der Waals surface area contributed by atoms with Crippen LogP contribution in [0.3, 0.4) is 0 Å². The molecule has 26 heavy (non-hydrogen) atoms. The topological polar surface area (TPSA) is 83.8 Å². The number of carboxylic acids is 1. The highest BCUT2D eigenvalue weighted by atomic mass is 16.6. The smallest absolute Gasteiger partial charge is 0.334 e. The molecular formula is C21H38O5. The number of aliphatic hydroxyl groups excluding tert-OH is 1. The van der Waals surface area contributed by atoms with Gasteiger partial charge in [0.15, 0.2) is 0 Å². The summed E-state index contributed by atoms with van der Waals surface area (Å²) >= 11 is 0. The van der Waals surface area contributed by atoms with Gasteiger partial charge in [0.05, 0.1) is 0 Å². The quantitative estimate of drug-likeness (QED) is 0.214. The van der Waals surface area contributed by atoms with Gasteiger partial charge < -0.3 is 14.9 Å². The first-order valence-corrected chi connectivity index (χ1v) is 10.2. The number of carboxylic acid groups (broad SMARTS) is 1. The lowest BCUT2D eigenvalue weighted by Crippen LogP contribution is -2.25. The first-order chi connectivity index (χ1) is 12.5. The van der Waals surface area contributed by atoms with Gasteiger partial charge in [-0.3, -0.25) is 4.79 Å². The van der Waals surface area contributed by atoms with E-state index in [1.807, 2.05) is 0 Å². The van der Waals surface area contributed by atoms with Crippen molar-refractivity contribution in [1.82, 2.24) is 0 Å². The van der Waals surface area contributed by atoms with Crippen LogP contribution in [0.5, 0.6) is 0 Å². The Morgan fingerprint density at radius 1 is 0.962 bits per heavy atom. The number of esters is 1. The van der Waals surface area contributed by atoms with Crippen molar-refractivity contribution >= 4 is 11.9 Å². The number of ether oxygens (including phenoxy) is 1. The Bertz CT molecular complexity index is 390. The molecule has 2 atom stereocenters. The fraction of sp³-hybridized carbons (Fsp3) is 0.810. The molecule has 0 saturated carbocycles. The van der Waals surface area contributed by atoms with Gasteiger partial charge in [-0.15, -0.1) is 0 Å². The van der Waals surface area contributed by atoms with E-state index >= 15 is 0 Å². The minimum Gasteiger partial charge on any atom is -0.481 e. The number of aliphatic hydroxyl groups is 1. The molecule has 0 aromatic rings. The third-order valence-corrected chi connectivity index (χ3v) is 4.33. The lowest BCUT2D eigenvalue weighted by atomic mass is 10.1. The van der Waals surface area contributed by atoms with Gasteiger partial charge in [-0.1, -0.05) is 57.6 Å². The van der Waals surface area contributed by atoms with E-state index < -0.39 is 18.0 Å². The fourth-order valence-corrected chi connectivity index (χ4v) is 2.72. The predicted molar refractivity (Wildman–Crippen MR) is 104 cm³/mol. The molecule has 0 aromatic carbocycles. The van der Waals surface area contributed by atoms with Crippen LogP contribution in [-0.4, -0.2) is 34.4 Å². The van der Waals surface area contributed by atoms with Crippen molar-refractivity contribution in [2.24, 2.45) is 0 Å². The molecule has 152 valence electrons. The van der Waals surface area contributed by atoms with Gasteiger partial charge in [-0.25, -0.2) is 4.79 Å². The average Bonchev–Trinajstić information content (AvgIpc) is 2.59. The number of allylic oxidation sites excluding steroid dienone is 1. The molecule has 2 N–H and O–H groups in total. The molecule has 0 aliphatic heterocycles. The molecule has 0 aromatic heterocycles. The van der Waals surface area contributed by atoms with Crippen LogP contribution >= 0.6 is 0 Å². The monoisotopic (exact) mass is 370 g/mol. The first-order valence-electron chi connectivity index (χ1n) is 10.2. The Hall–Kier alpha value is -1.36. The molecule has 5 heteroatoms. The van der Waals surface area contributed by atoms with Crippen molar-refractivity contribution in [2.75, 3.05) is 0 Å². The molecule has 0 amide bonds. The SMILES string of the molecule is CCCCCC[C@H](C/C=C\CCCCCCCC(=O)O)OC(=O)C(C)O. The van der Waals surface area contributed by atoms with Crippen LogP contribution in [0, 0.1) is 0 Å². The number of hydrogen-bond donors (Lipinski definition) is 2. The maximum Gasteiger partial charge on any atom is 0.334 e. The summed E-state index contributed by atoms with van der Waals surface area (Å²) in [6, 6.07) is 0. The van der Waals surface area contributed by atoms with Crippen molar-refractivity contribution < 1.29 is 24.5 Å². The van der Waals surface area contributed by atoms with Crippen LogP contribution in [0.2, 0.25) is 0 Å². The summed E-state index contributed by atoms with van der Waals surface area (Å²) in [5.41, 5.74) is 0. The maximum absolute atomic E-state index is 11.6. The number of rotatable bonds is 17. The number of aliphatic carboxylic acids is 1. The third kappa shape index (κ3) is 16.1.